The number of rotatable bonds is 4. The average Bonchev–Trinajstić information content (AvgIpc) is 2.53. The summed E-state index contributed by atoms with van der Waals surface area (Å²) in [4.78, 5) is 1.28. The fourth-order valence-corrected chi connectivity index (χ4v) is 3.46. The van der Waals surface area contributed by atoms with Gasteiger partial charge in [0.25, 0.3) is 0 Å². The van der Waals surface area contributed by atoms with Crippen LogP contribution in [-0.2, 0) is 0 Å². The van der Waals surface area contributed by atoms with Crippen molar-refractivity contribution in [3.63, 3.8) is 0 Å². The first kappa shape index (κ1) is 14.2. The van der Waals surface area contributed by atoms with Crippen molar-refractivity contribution in [1.29, 1.82) is 0 Å². The zero-order chi connectivity index (χ0) is 14.7. The van der Waals surface area contributed by atoms with E-state index in [1.54, 1.807) is 0 Å². The molecule has 0 aliphatic heterocycles. The Labute approximate surface area is 130 Å². The van der Waals surface area contributed by atoms with E-state index in [1.165, 1.54) is 26.8 Å². The van der Waals surface area contributed by atoms with Crippen LogP contribution in [0.4, 0.5) is 0 Å². The lowest BCUT2D eigenvalue weighted by atomic mass is 10.0. The van der Waals surface area contributed by atoms with Gasteiger partial charge in [0.15, 0.2) is 0 Å². The van der Waals surface area contributed by atoms with E-state index < -0.39 is 0 Å². The van der Waals surface area contributed by atoms with Gasteiger partial charge in [-0.25, -0.2) is 0 Å². The smallest absolute Gasteiger partial charge is 0.0392 e. The van der Waals surface area contributed by atoms with Gasteiger partial charge in [0.2, 0.25) is 0 Å². The summed E-state index contributed by atoms with van der Waals surface area (Å²) in [6.07, 6.45) is 0. The van der Waals surface area contributed by atoms with E-state index in [-0.39, 0.29) is 6.04 Å². The van der Waals surface area contributed by atoms with Crippen LogP contribution >= 0.6 is 11.8 Å². The largest absolute Gasteiger partial charge is 0.323 e. The van der Waals surface area contributed by atoms with Gasteiger partial charge < -0.3 is 5.73 Å². The molecule has 0 aliphatic rings. The summed E-state index contributed by atoms with van der Waals surface area (Å²) in [5, 5.41) is 2.57. The normalized spacial score (nSPS) is 12.5. The van der Waals surface area contributed by atoms with Crippen LogP contribution in [0.1, 0.15) is 17.2 Å². The van der Waals surface area contributed by atoms with Crippen molar-refractivity contribution < 1.29 is 0 Å². The summed E-state index contributed by atoms with van der Waals surface area (Å²) in [6.45, 7) is 2.12. The highest BCUT2D eigenvalue weighted by Crippen LogP contribution is 2.27. The molecule has 3 rings (SSSR count). The monoisotopic (exact) mass is 293 g/mol. The van der Waals surface area contributed by atoms with Gasteiger partial charge in [-0.1, -0.05) is 54.6 Å². The van der Waals surface area contributed by atoms with Crippen LogP contribution in [0.15, 0.2) is 71.6 Å². The molecular weight excluding hydrogens is 274 g/mol. The molecule has 0 fully saturated rings. The second-order valence-corrected chi connectivity index (χ2v) is 6.38. The number of hydrogen-bond acceptors (Lipinski definition) is 2. The highest BCUT2D eigenvalue weighted by atomic mass is 32.2. The average molecular weight is 293 g/mol. The summed E-state index contributed by atoms with van der Waals surface area (Å²) in [7, 11) is 0. The molecule has 0 radical (unpaired) electrons. The molecule has 0 saturated carbocycles. The SMILES string of the molecule is Cc1ccccc1C(N)CSc1ccc2ccccc2c1. The second kappa shape index (κ2) is 6.33. The maximum Gasteiger partial charge on any atom is 0.0392 e. The van der Waals surface area contributed by atoms with E-state index >= 15 is 0 Å². The van der Waals surface area contributed by atoms with Crippen molar-refractivity contribution in [2.75, 3.05) is 5.75 Å². The predicted octanol–water partition coefficient (Wildman–Crippen LogP) is 4.94. The molecule has 1 unspecified atom stereocenters. The molecule has 0 heterocycles. The second-order valence-electron chi connectivity index (χ2n) is 5.28. The number of thioether (sulfide) groups is 1. The van der Waals surface area contributed by atoms with Crippen molar-refractivity contribution in [2.24, 2.45) is 5.73 Å². The van der Waals surface area contributed by atoms with Crippen molar-refractivity contribution >= 4 is 22.5 Å². The van der Waals surface area contributed by atoms with E-state index in [4.69, 9.17) is 5.73 Å². The molecule has 3 aromatic carbocycles. The van der Waals surface area contributed by atoms with Crippen LogP contribution in [0.2, 0.25) is 0 Å². The Balaban J connectivity index is 1.73. The molecule has 3 aromatic rings. The number of benzene rings is 3. The van der Waals surface area contributed by atoms with Crippen LogP contribution in [0.5, 0.6) is 0 Å². The van der Waals surface area contributed by atoms with Gasteiger partial charge in [-0.05, 0) is 41.0 Å². The Kier molecular flexibility index (Phi) is 4.28. The molecule has 2 heteroatoms. The minimum atomic E-state index is 0.0719. The topological polar surface area (TPSA) is 26.0 Å². The maximum absolute atomic E-state index is 6.34. The lowest BCUT2D eigenvalue weighted by Gasteiger charge is -2.14. The Bertz CT molecular complexity index is 751. The van der Waals surface area contributed by atoms with E-state index in [1.807, 2.05) is 11.8 Å². The number of aryl methyl sites for hydroxylation is 1. The first-order chi connectivity index (χ1) is 10.2. The van der Waals surface area contributed by atoms with Crippen LogP contribution in [0.25, 0.3) is 10.8 Å². The molecule has 106 valence electrons. The van der Waals surface area contributed by atoms with Gasteiger partial charge in [0.1, 0.15) is 0 Å². The van der Waals surface area contributed by atoms with Crippen molar-refractivity contribution in [3.8, 4) is 0 Å². The van der Waals surface area contributed by atoms with Gasteiger partial charge in [-0.2, -0.15) is 0 Å². The lowest BCUT2D eigenvalue weighted by molar-refractivity contribution is 0.823. The van der Waals surface area contributed by atoms with Gasteiger partial charge >= 0.3 is 0 Å². The number of nitrogens with two attached hydrogens (primary N) is 1. The fraction of sp³-hybridized carbons (Fsp3) is 0.158. The Morgan fingerprint density at radius 3 is 2.43 bits per heavy atom. The molecule has 21 heavy (non-hydrogen) atoms. The molecule has 1 nitrogen and oxygen atoms in total. The lowest BCUT2D eigenvalue weighted by Crippen LogP contribution is -2.14. The number of fused-ring (bicyclic) bond motifs is 1. The zero-order valence-corrected chi connectivity index (χ0v) is 12.9. The van der Waals surface area contributed by atoms with E-state index in [9.17, 15) is 0 Å². The molecule has 0 bridgehead atoms. The molecule has 0 saturated heterocycles. The summed E-state index contributed by atoms with van der Waals surface area (Å²) >= 11 is 1.82. The van der Waals surface area contributed by atoms with Gasteiger partial charge in [-0.3, -0.25) is 0 Å². The molecule has 2 N–H and O–H groups in total. The fourth-order valence-electron chi connectivity index (χ4n) is 2.54. The third-order valence-electron chi connectivity index (χ3n) is 3.74. The molecular formula is C19H19NS. The third-order valence-corrected chi connectivity index (χ3v) is 4.85. The van der Waals surface area contributed by atoms with Crippen LogP contribution < -0.4 is 5.73 Å². The van der Waals surface area contributed by atoms with E-state index in [0.717, 1.165) is 5.75 Å². The van der Waals surface area contributed by atoms with Crippen molar-refractivity contribution in [1.82, 2.24) is 0 Å². The third kappa shape index (κ3) is 3.29. The van der Waals surface area contributed by atoms with E-state index in [0.29, 0.717) is 0 Å². The van der Waals surface area contributed by atoms with Crippen LogP contribution in [0, 0.1) is 6.92 Å². The highest BCUT2D eigenvalue weighted by Gasteiger charge is 2.09. The van der Waals surface area contributed by atoms with Gasteiger partial charge in [0, 0.05) is 16.7 Å². The molecule has 0 amide bonds. The Morgan fingerprint density at radius 1 is 0.905 bits per heavy atom. The first-order valence-electron chi connectivity index (χ1n) is 7.17. The van der Waals surface area contributed by atoms with Crippen molar-refractivity contribution in [2.45, 2.75) is 17.9 Å². The summed E-state index contributed by atoms with van der Waals surface area (Å²) < 4.78 is 0. The summed E-state index contributed by atoms with van der Waals surface area (Å²) in [5.41, 5.74) is 8.84. The van der Waals surface area contributed by atoms with Crippen LogP contribution in [-0.4, -0.2) is 5.75 Å². The molecule has 0 spiro atoms. The summed E-state index contributed by atoms with van der Waals surface area (Å²) in [5.74, 6) is 0.892. The molecule has 0 aromatic heterocycles. The van der Waals surface area contributed by atoms with E-state index in [2.05, 4.69) is 73.7 Å². The summed E-state index contributed by atoms with van der Waals surface area (Å²) in [6, 6.07) is 23.5. The zero-order valence-electron chi connectivity index (χ0n) is 12.1. The molecule has 0 aliphatic carbocycles. The molecule has 1 atom stereocenters. The number of hydrogen-bond donors (Lipinski definition) is 1. The quantitative estimate of drug-likeness (QED) is 0.689. The van der Waals surface area contributed by atoms with Crippen LogP contribution in [0.3, 0.4) is 0 Å². The predicted molar refractivity (Wildman–Crippen MR) is 92.8 cm³/mol. The Hall–Kier alpha value is -1.77. The highest BCUT2D eigenvalue weighted by molar-refractivity contribution is 7.99. The first-order valence-corrected chi connectivity index (χ1v) is 8.15. The van der Waals surface area contributed by atoms with Gasteiger partial charge in [0.05, 0.1) is 0 Å². The maximum atomic E-state index is 6.34. The Morgan fingerprint density at radius 2 is 1.62 bits per heavy atom. The van der Waals surface area contributed by atoms with Crippen molar-refractivity contribution in [3.05, 3.63) is 77.9 Å². The van der Waals surface area contributed by atoms with Gasteiger partial charge in [-0.15, -0.1) is 11.8 Å². The standard InChI is InChI=1S/C19H19NS/c1-14-6-2-5-9-18(14)19(20)13-21-17-11-10-15-7-3-4-8-16(15)12-17/h2-12,19H,13,20H2,1H3. The minimum absolute atomic E-state index is 0.0719. The minimum Gasteiger partial charge on any atom is -0.323 e.